The first kappa shape index (κ1) is 10.1. The van der Waals surface area contributed by atoms with Crippen molar-refractivity contribution in [2.75, 3.05) is 0 Å². The Morgan fingerprint density at radius 3 is 1.64 bits per heavy atom. The first-order chi connectivity index (χ1) is 5.06. The molecule has 0 aliphatic carbocycles. The van der Waals surface area contributed by atoms with E-state index >= 15 is 0 Å². The highest BCUT2D eigenvalue weighted by Crippen LogP contribution is 1.87. The lowest BCUT2D eigenvalue weighted by Gasteiger charge is -2.16. The molecule has 0 fully saturated rings. The average Bonchev–Trinajstić information content (AvgIpc) is 1.84. The van der Waals surface area contributed by atoms with Crippen LogP contribution in [0, 0.1) is 0 Å². The van der Waals surface area contributed by atoms with Crippen LogP contribution in [0.25, 0.3) is 0 Å². The highest BCUT2D eigenvalue weighted by atomic mass is 15.1. The van der Waals surface area contributed by atoms with Gasteiger partial charge in [0.25, 0.3) is 0 Å². The van der Waals surface area contributed by atoms with E-state index in [-0.39, 0.29) is 0 Å². The van der Waals surface area contributed by atoms with Gasteiger partial charge in [-0.3, -0.25) is 0 Å². The molecule has 11 heavy (non-hydrogen) atoms. The van der Waals surface area contributed by atoms with Crippen molar-refractivity contribution in [3.63, 3.8) is 0 Å². The van der Waals surface area contributed by atoms with Crippen molar-refractivity contribution in [3.8, 4) is 0 Å². The van der Waals surface area contributed by atoms with Crippen LogP contribution in [0.3, 0.4) is 0 Å². The van der Waals surface area contributed by atoms with E-state index in [9.17, 15) is 0 Å². The molecule has 2 N–H and O–H groups in total. The quantitative estimate of drug-likeness (QED) is 0.601. The molecule has 0 aliphatic rings. The molecule has 0 saturated carbocycles. The number of hydrogen-bond donors (Lipinski definition) is 2. The van der Waals surface area contributed by atoms with Crippen LogP contribution in [-0.4, -0.2) is 12.1 Å². The smallest absolute Gasteiger partial charge is 0.144 e. The Hall–Kier alpha value is -0.880. The molecule has 64 valence electrons. The highest BCUT2D eigenvalue weighted by molar-refractivity contribution is 4.95. The fraction of sp³-hybridized carbons (Fsp3) is 0.667. The Bertz CT molecular complexity index is 141. The van der Waals surface area contributed by atoms with Gasteiger partial charge in [-0.25, -0.2) is 0 Å². The van der Waals surface area contributed by atoms with Gasteiger partial charge in [-0.05, 0) is 27.7 Å². The Kier molecular flexibility index (Phi) is 4.47. The molecule has 0 amide bonds. The summed E-state index contributed by atoms with van der Waals surface area (Å²) in [6, 6.07) is 0.844. The van der Waals surface area contributed by atoms with Gasteiger partial charge in [0.05, 0.1) is 0 Å². The molecule has 0 bridgehead atoms. The van der Waals surface area contributed by atoms with Gasteiger partial charge in [0.2, 0.25) is 0 Å². The maximum Gasteiger partial charge on any atom is 0.144 e. The molecule has 0 rings (SSSR count). The second-order valence-electron chi connectivity index (χ2n) is 3.15. The Balaban J connectivity index is 3.89. The monoisotopic (exact) mass is 154 g/mol. The van der Waals surface area contributed by atoms with E-state index < -0.39 is 0 Å². The van der Waals surface area contributed by atoms with Crippen molar-refractivity contribution in [1.82, 2.24) is 10.6 Å². The van der Waals surface area contributed by atoms with Crippen molar-refractivity contribution in [2.45, 2.75) is 39.8 Å². The molecule has 0 aromatic heterocycles. The fourth-order valence-electron chi connectivity index (χ4n) is 0.721. The third-order valence-electron chi connectivity index (χ3n) is 1.04. The molecule has 0 atom stereocenters. The molecular formula is C9H18N2. The number of nitrogens with one attached hydrogen (secondary N) is 2. The van der Waals surface area contributed by atoms with Crippen LogP contribution < -0.4 is 10.6 Å². The van der Waals surface area contributed by atoms with Crippen LogP contribution >= 0.6 is 0 Å². The Morgan fingerprint density at radius 2 is 1.45 bits per heavy atom. The second kappa shape index (κ2) is 4.86. The maximum atomic E-state index is 3.58. The minimum Gasteiger partial charge on any atom is -0.363 e. The topological polar surface area (TPSA) is 24.1 Å². The molecule has 0 saturated heterocycles. The largest absolute Gasteiger partial charge is 0.363 e. The summed E-state index contributed by atoms with van der Waals surface area (Å²) in [6.45, 7) is 11.9. The molecule has 0 spiro atoms. The first-order valence-electron chi connectivity index (χ1n) is 3.99. The van der Waals surface area contributed by atoms with Crippen LogP contribution in [0.4, 0.5) is 0 Å². The van der Waals surface area contributed by atoms with E-state index in [2.05, 4.69) is 50.6 Å². The van der Waals surface area contributed by atoms with Gasteiger partial charge in [-0.2, -0.15) is 0 Å². The zero-order valence-corrected chi connectivity index (χ0v) is 7.86. The van der Waals surface area contributed by atoms with Gasteiger partial charge in [-0.15, -0.1) is 0 Å². The summed E-state index contributed by atoms with van der Waals surface area (Å²) in [5.74, 6) is 0.884. The lowest BCUT2D eigenvalue weighted by Crippen LogP contribution is -2.34. The SMILES string of the molecule is C=C=C(NC(C)C)NC(C)C. The summed E-state index contributed by atoms with van der Waals surface area (Å²) >= 11 is 0. The molecule has 2 heteroatoms. The third kappa shape index (κ3) is 5.56. The molecule has 2 nitrogen and oxygen atoms in total. The van der Waals surface area contributed by atoms with Gasteiger partial charge < -0.3 is 10.6 Å². The van der Waals surface area contributed by atoms with Crippen LogP contribution in [0.1, 0.15) is 27.7 Å². The molecule has 0 heterocycles. The standard InChI is InChI=1S/C9H18N2/c1-6-9(10-7(2)3)11-8(4)5/h7-8,10-11H,1H2,2-5H3. The lowest BCUT2D eigenvalue weighted by atomic mass is 10.3. The zero-order chi connectivity index (χ0) is 8.85. The Morgan fingerprint density at radius 1 is 1.09 bits per heavy atom. The normalized spacial score (nSPS) is 9.64. The lowest BCUT2D eigenvalue weighted by molar-refractivity contribution is 0.568. The predicted octanol–water partition coefficient (Wildman–Crippen LogP) is 1.61. The van der Waals surface area contributed by atoms with E-state index in [1.54, 1.807) is 0 Å². The van der Waals surface area contributed by atoms with E-state index in [1.807, 2.05) is 0 Å². The van der Waals surface area contributed by atoms with Gasteiger partial charge in [0, 0.05) is 12.1 Å². The predicted molar refractivity (Wildman–Crippen MR) is 49.2 cm³/mol. The highest BCUT2D eigenvalue weighted by Gasteiger charge is 1.98. The van der Waals surface area contributed by atoms with Crippen LogP contribution in [0.15, 0.2) is 18.1 Å². The molecule has 0 aromatic rings. The van der Waals surface area contributed by atoms with Crippen molar-refractivity contribution >= 4 is 0 Å². The van der Waals surface area contributed by atoms with Gasteiger partial charge in [0.1, 0.15) is 5.82 Å². The molecule has 0 aliphatic heterocycles. The molecule has 0 unspecified atom stereocenters. The molecule has 0 aromatic carbocycles. The number of hydrogen-bond acceptors (Lipinski definition) is 2. The summed E-state index contributed by atoms with van der Waals surface area (Å²) in [5, 5.41) is 6.39. The summed E-state index contributed by atoms with van der Waals surface area (Å²) in [6.07, 6.45) is 0. The van der Waals surface area contributed by atoms with Crippen molar-refractivity contribution in [1.29, 1.82) is 0 Å². The number of rotatable bonds is 4. The van der Waals surface area contributed by atoms with Crippen LogP contribution in [0.2, 0.25) is 0 Å². The average molecular weight is 154 g/mol. The summed E-state index contributed by atoms with van der Waals surface area (Å²) in [4.78, 5) is 0. The van der Waals surface area contributed by atoms with Gasteiger partial charge in [-0.1, -0.05) is 12.3 Å². The minimum atomic E-state index is 0.422. The summed E-state index contributed by atoms with van der Waals surface area (Å²) < 4.78 is 0. The first-order valence-corrected chi connectivity index (χ1v) is 3.99. The summed E-state index contributed by atoms with van der Waals surface area (Å²) in [5.41, 5.74) is 2.81. The van der Waals surface area contributed by atoms with E-state index in [4.69, 9.17) is 0 Å². The van der Waals surface area contributed by atoms with E-state index in [0.717, 1.165) is 5.82 Å². The maximum absolute atomic E-state index is 3.58. The Labute approximate surface area is 69.4 Å². The fourth-order valence-corrected chi connectivity index (χ4v) is 0.721. The van der Waals surface area contributed by atoms with Crippen LogP contribution in [-0.2, 0) is 0 Å². The third-order valence-corrected chi connectivity index (χ3v) is 1.04. The zero-order valence-electron chi connectivity index (χ0n) is 7.86. The van der Waals surface area contributed by atoms with E-state index in [1.165, 1.54) is 0 Å². The summed E-state index contributed by atoms with van der Waals surface area (Å²) in [7, 11) is 0. The van der Waals surface area contributed by atoms with Crippen molar-refractivity contribution in [2.24, 2.45) is 0 Å². The van der Waals surface area contributed by atoms with Crippen molar-refractivity contribution in [3.05, 3.63) is 18.1 Å². The van der Waals surface area contributed by atoms with Crippen molar-refractivity contribution < 1.29 is 0 Å². The minimum absolute atomic E-state index is 0.422. The molecular weight excluding hydrogens is 136 g/mol. The van der Waals surface area contributed by atoms with Crippen LogP contribution in [0.5, 0.6) is 0 Å². The molecule has 0 radical (unpaired) electrons. The van der Waals surface area contributed by atoms with E-state index in [0.29, 0.717) is 12.1 Å². The van der Waals surface area contributed by atoms with Gasteiger partial charge >= 0.3 is 0 Å². The van der Waals surface area contributed by atoms with Gasteiger partial charge in [0.15, 0.2) is 0 Å². The second-order valence-corrected chi connectivity index (χ2v) is 3.15.